The van der Waals surface area contributed by atoms with Crippen molar-refractivity contribution in [3.05, 3.63) is 34.9 Å². The van der Waals surface area contributed by atoms with Gasteiger partial charge in [-0.1, -0.05) is 12.1 Å². The summed E-state index contributed by atoms with van der Waals surface area (Å²) >= 11 is 0. The number of ether oxygens (including phenoxy) is 1. The van der Waals surface area contributed by atoms with E-state index in [1.807, 2.05) is 39.0 Å². The van der Waals surface area contributed by atoms with Gasteiger partial charge in [0.15, 0.2) is 0 Å². The van der Waals surface area contributed by atoms with Gasteiger partial charge >= 0.3 is 0 Å². The second kappa shape index (κ2) is 5.72. The smallest absolute Gasteiger partial charge is 0.251 e. The summed E-state index contributed by atoms with van der Waals surface area (Å²) in [5, 5.41) is 3.00. The maximum absolute atomic E-state index is 12.3. The molecule has 1 aliphatic rings. The van der Waals surface area contributed by atoms with E-state index in [1.54, 1.807) is 0 Å². The summed E-state index contributed by atoms with van der Waals surface area (Å²) in [6, 6.07) is 5.66. The van der Waals surface area contributed by atoms with E-state index in [4.69, 9.17) is 10.5 Å². The van der Waals surface area contributed by atoms with Crippen LogP contribution in [0.15, 0.2) is 18.2 Å². The number of benzene rings is 1. The lowest BCUT2D eigenvalue weighted by molar-refractivity contribution is -0.0300. The van der Waals surface area contributed by atoms with Crippen molar-refractivity contribution in [2.75, 3.05) is 6.61 Å². The van der Waals surface area contributed by atoms with Gasteiger partial charge in [-0.15, -0.1) is 0 Å². The summed E-state index contributed by atoms with van der Waals surface area (Å²) < 4.78 is 5.56. The Hall–Kier alpha value is -1.39. The molecule has 1 amide bonds. The second-order valence-corrected chi connectivity index (χ2v) is 5.14. The van der Waals surface area contributed by atoms with Crippen LogP contribution < -0.4 is 11.1 Å². The Bertz CT molecular complexity index is 471. The van der Waals surface area contributed by atoms with Crippen LogP contribution in [0.25, 0.3) is 0 Å². The van der Waals surface area contributed by atoms with Crippen LogP contribution in [0.1, 0.15) is 34.8 Å². The number of carbonyl (C=O) groups excluding carboxylic acids is 1. The highest BCUT2D eigenvalue weighted by molar-refractivity contribution is 5.96. The van der Waals surface area contributed by atoms with E-state index in [-0.39, 0.29) is 24.1 Å². The molecule has 0 saturated heterocycles. The fourth-order valence-electron chi connectivity index (χ4n) is 2.45. The lowest BCUT2D eigenvalue weighted by Gasteiger charge is -2.42. The zero-order valence-electron chi connectivity index (χ0n) is 11.8. The van der Waals surface area contributed by atoms with Crippen molar-refractivity contribution in [3.63, 3.8) is 0 Å². The van der Waals surface area contributed by atoms with Crippen molar-refractivity contribution < 1.29 is 9.53 Å². The average Bonchev–Trinajstić information content (AvgIpc) is 2.39. The molecule has 3 N–H and O–H groups in total. The SMILES string of the molecule is CCOC1CC(N)C1NC(=O)c1cccc(C)c1C. The predicted octanol–water partition coefficient (Wildman–Crippen LogP) is 1.54. The Morgan fingerprint density at radius 1 is 1.47 bits per heavy atom. The zero-order chi connectivity index (χ0) is 14.0. The van der Waals surface area contributed by atoms with Gasteiger partial charge in [0.05, 0.1) is 12.1 Å². The highest BCUT2D eigenvalue weighted by Gasteiger charge is 2.40. The lowest BCUT2D eigenvalue weighted by Crippen LogP contribution is -2.64. The molecule has 0 heterocycles. The Morgan fingerprint density at radius 3 is 2.84 bits per heavy atom. The number of hydrogen-bond donors (Lipinski definition) is 2. The van der Waals surface area contributed by atoms with Crippen molar-refractivity contribution in [3.8, 4) is 0 Å². The Kier molecular flexibility index (Phi) is 4.22. The van der Waals surface area contributed by atoms with E-state index >= 15 is 0 Å². The molecular weight excluding hydrogens is 240 g/mol. The molecule has 4 nitrogen and oxygen atoms in total. The summed E-state index contributed by atoms with van der Waals surface area (Å²) in [6.07, 6.45) is 0.861. The molecule has 1 aromatic carbocycles. The van der Waals surface area contributed by atoms with Crippen molar-refractivity contribution in [1.29, 1.82) is 0 Å². The summed E-state index contributed by atoms with van der Waals surface area (Å²) in [5.74, 6) is -0.0638. The van der Waals surface area contributed by atoms with Crippen LogP contribution in [0.2, 0.25) is 0 Å². The van der Waals surface area contributed by atoms with Crippen molar-refractivity contribution in [2.45, 2.75) is 45.4 Å². The third kappa shape index (κ3) is 2.80. The van der Waals surface area contributed by atoms with Crippen LogP contribution in [0, 0.1) is 13.8 Å². The highest BCUT2D eigenvalue weighted by atomic mass is 16.5. The van der Waals surface area contributed by atoms with E-state index in [0.29, 0.717) is 12.2 Å². The molecule has 1 aromatic rings. The number of carbonyl (C=O) groups is 1. The van der Waals surface area contributed by atoms with Gasteiger partial charge in [-0.05, 0) is 44.4 Å². The van der Waals surface area contributed by atoms with Gasteiger partial charge in [-0.25, -0.2) is 0 Å². The molecule has 3 atom stereocenters. The van der Waals surface area contributed by atoms with Crippen molar-refractivity contribution in [2.24, 2.45) is 5.73 Å². The first-order chi connectivity index (χ1) is 9.04. The number of nitrogens with one attached hydrogen (secondary N) is 1. The molecular formula is C15H22N2O2. The summed E-state index contributed by atoms with van der Waals surface area (Å²) in [4.78, 5) is 12.3. The van der Waals surface area contributed by atoms with E-state index in [0.717, 1.165) is 17.5 Å². The van der Waals surface area contributed by atoms with Gasteiger partial charge in [-0.3, -0.25) is 4.79 Å². The molecule has 4 heteroatoms. The van der Waals surface area contributed by atoms with Crippen LogP contribution in [-0.2, 0) is 4.74 Å². The summed E-state index contributed by atoms with van der Waals surface area (Å²) in [6.45, 7) is 6.57. The largest absolute Gasteiger partial charge is 0.376 e. The van der Waals surface area contributed by atoms with Crippen molar-refractivity contribution >= 4 is 5.91 Å². The van der Waals surface area contributed by atoms with Crippen molar-refractivity contribution in [1.82, 2.24) is 5.32 Å². The normalized spacial score (nSPS) is 25.8. The van der Waals surface area contributed by atoms with Crippen LogP contribution in [0.4, 0.5) is 0 Å². The van der Waals surface area contributed by atoms with Gasteiger partial charge < -0.3 is 15.8 Å². The summed E-state index contributed by atoms with van der Waals surface area (Å²) in [7, 11) is 0. The molecule has 0 aliphatic heterocycles. The van der Waals surface area contributed by atoms with Gasteiger partial charge in [-0.2, -0.15) is 0 Å². The number of hydrogen-bond acceptors (Lipinski definition) is 3. The van der Waals surface area contributed by atoms with Gasteiger partial charge in [0.1, 0.15) is 0 Å². The first-order valence-corrected chi connectivity index (χ1v) is 6.78. The Labute approximate surface area is 114 Å². The van der Waals surface area contributed by atoms with E-state index in [9.17, 15) is 4.79 Å². The second-order valence-electron chi connectivity index (χ2n) is 5.14. The Morgan fingerprint density at radius 2 is 2.21 bits per heavy atom. The first kappa shape index (κ1) is 14.0. The van der Waals surface area contributed by atoms with E-state index in [2.05, 4.69) is 5.32 Å². The molecule has 104 valence electrons. The molecule has 2 rings (SSSR count). The molecule has 0 radical (unpaired) electrons. The predicted molar refractivity (Wildman–Crippen MR) is 75.2 cm³/mol. The minimum absolute atomic E-state index is 0.00869. The molecule has 19 heavy (non-hydrogen) atoms. The Balaban J connectivity index is 2.06. The summed E-state index contributed by atoms with van der Waals surface area (Å²) in [5.41, 5.74) is 8.79. The zero-order valence-corrected chi connectivity index (χ0v) is 11.8. The lowest BCUT2D eigenvalue weighted by atomic mass is 9.83. The molecule has 1 fully saturated rings. The van der Waals surface area contributed by atoms with Crippen LogP contribution in [-0.4, -0.2) is 30.7 Å². The van der Waals surface area contributed by atoms with E-state index < -0.39 is 0 Å². The third-order valence-corrected chi connectivity index (χ3v) is 3.89. The molecule has 1 aliphatic carbocycles. The van der Waals surface area contributed by atoms with Gasteiger partial charge in [0, 0.05) is 18.2 Å². The highest BCUT2D eigenvalue weighted by Crippen LogP contribution is 2.23. The topological polar surface area (TPSA) is 64.3 Å². The fraction of sp³-hybridized carbons (Fsp3) is 0.533. The molecule has 0 aromatic heterocycles. The minimum Gasteiger partial charge on any atom is -0.376 e. The first-order valence-electron chi connectivity index (χ1n) is 6.78. The van der Waals surface area contributed by atoms with E-state index in [1.165, 1.54) is 0 Å². The van der Waals surface area contributed by atoms with Gasteiger partial charge in [0.25, 0.3) is 5.91 Å². The molecule has 0 spiro atoms. The number of nitrogens with two attached hydrogens (primary N) is 1. The average molecular weight is 262 g/mol. The van der Waals surface area contributed by atoms with Crippen LogP contribution in [0.5, 0.6) is 0 Å². The monoisotopic (exact) mass is 262 g/mol. The fourth-order valence-corrected chi connectivity index (χ4v) is 2.45. The maximum Gasteiger partial charge on any atom is 0.251 e. The van der Waals surface area contributed by atoms with Gasteiger partial charge in [0.2, 0.25) is 0 Å². The molecule has 0 bridgehead atoms. The third-order valence-electron chi connectivity index (χ3n) is 3.89. The standard InChI is InChI=1S/C15H22N2O2/c1-4-19-13-8-12(16)14(13)17-15(18)11-7-5-6-9(2)10(11)3/h5-7,12-14H,4,8,16H2,1-3H3,(H,17,18). The molecule has 3 unspecified atom stereocenters. The quantitative estimate of drug-likeness (QED) is 0.865. The van der Waals surface area contributed by atoms with Crippen LogP contribution >= 0.6 is 0 Å². The number of amides is 1. The number of rotatable bonds is 4. The maximum atomic E-state index is 12.3. The minimum atomic E-state index is -0.0765. The number of aryl methyl sites for hydroxylation is 1. The molecule has 1 saturated carbocycles. The van der Waals surface area contributed by atoms with Crippen LogP contribution in [0.3, 0.4) is 0 Å².